The molecule has 0 saturated carbocycles. The van der Waals surface area contributed by atoms with Gasteiger partial charge in [0.05, 0.1) is 11.4 Å². The summed E-state index contributed by atoms with van der Waals surface area (Å²) in [4.78, 5) is 7.24. The van der Waals surface area contributed by atoms with Crippen molar-refractivity contribution in [1.29, 1.82) is 0 Å². The molecule has 4 nitrogen and oxygen atoms in total. The standard InChI is InChI=1S/C51H32N2O2/c1-3-14-33(15-4-1)39-20-11-12-25-46(39)53(47-30-36-18-7-8-19-38(36)41-21-9-10-22-42(41)47)37-28-26-34(27-29-37)40-23-13-24-43-44-31-45-49(32-48(44)54-50(40)43)55-51(52-45)35-16-5-2-6-17-35/h1-32H. The van der Waals surface area contributed by atoms with Crippen molar-refractivity contribution in [2.24, 2.45) is 0 Å². The van der Waals surface area contributed by atoms with Crippen molar-refractivity contribution in [3.05, 3.63) is 194 Å². The van der Waals surface area contributed by atoms with E-state index in [1.54, 1.807) is 0 Å². The maximum Gasteiger partial charge on any atom is 0.227 e. The molecule has 0 aliphatic heterocycles. The molecular formula is C51H32N2O2. The van der Waals surface area contributed by atoms with Gasteiger partial charge in [-0.15, -0.1) is 0 Å². The number of hydrogen-bond donors (Lipinski definition) is 0. The van der Waals surface area contributed by atoms with Crippen molar-refractivity contribution < 1.29 is 8.83 Å². The van der Waals surface area contributed by atoms with Gasteiger partial charge in [0.2, 0.25) is 5.89 Å². The Kier molecular flexibility index (Phi) is 7.14. The molecular weight excluding hydrogens is 673 g/mol. The van der Waals surface area contributed by atoms with Gasteiger partial charge in [-0.3, -0.25) is 0 Å². The van der Waals surface area contributed by atoms with E-state index in [2.05, 4.69) is 163 Å². The summed E-state index contributed by atoms with van der Waals surface area (Å²) in [5.41, 5.74) is 11.8. The number of fused-ring (bicyclic) bond motifs is 7. The number of furan rings is 1. The molecule has 0 aliphatic rings. The largest absolute Gasteiger partial charge is 0.455 e. The van der Waals surface area contributed by atoms with E-state index in [0.29, 0.717) is 11.5 Å². The second-order valence-electron chi connectivity index (χ2n) is 13.9. The molecule has 11 aromatic rings. The van der Waals surface area contributed by atoms with Gasteiger partial charge in [-0.1, -0.05) is 146 Å². The first kappa shape index (κ1) is 31.1. The van der Waals surface area contributed by atoms with Crippen LogP contribution in [-0.4, -0.2) is 4.98 Å². The first-order chi connectivity index (χ1) is 27.3. The smallest absolute Gasteiger partial charge is 0.227 e. The molecule has 0 radical (unpaired) electrons. The third-order valence-electron chi connectivity index (χ3n) is 10.7. The lowest BCUT2D eigenvalue weighted by Gasteiger charge is -2.29. The molecule has 0 fully saturated rings. The molecule has 2 aromatic heterocycles. The summed E-state index contributed by atoms with van der Waals surface area (Å²) in [5, 5.41) is 6.92. The topological polar surface area (TPSA) is 42.4 Å². The van der Waals surface area contributed by atoms with Crippen LogP contribution in [0, 0.1) is 0 Å². The molecule has 55 heavy (non-hydrogen) atoms. The van der Waals surface area contributed by atoms with Crippen molar-refractivity contribution in [2.45, 2.75) is 0 Å². The van der Waals surface area contributed by atoms with Gasteiger partial charge < -0.3 is 13.7 Å². The molecule has 258 valence electrons. The van der Waals surface area contributed by atoms with E-state index in [1.807, 2.05) is 36.4 Å². The first-order valence-electron chi connectivity index (χ1n) is 18.5. The van der Waals surface area contributed by atoms with Crippen LogP contribution in [0.15, 0.2) is 203 Å². The van der Waals surface area contributed by atoms with Gasteiger partial charge in [0.1, 0.15) is 16.7 Å². The predicted molar refractivity (Wildman–Crippen MR) is 227 cm³/mol. The maximum atomic E-state index is 6.63. The zero-order valence-electron chi connectivity index (χ0n) is 29.7. The Morgan fingerprint density at radius 1 is 0.382 bits per heavy atom. The van der Waals surface area contributed by atoms with Crippen molar-refractivity contribution in [1.82, 2.24) is 4.98 Å². The van der Waals surface area contributed by atoms with Crippen LogP contribution in [0.25, 0.3) is 88.3 Å². The Hall–Kier alpha value is -7.43. The zero-order chi connectivity index (χ0) is 36.3. The molecule has 0 saturated heterocycles. The molecule has 0 atom stereocenters. The summed E-state index contributed by atoms with van der Waals surface area (Å²) in [6.07, 6.45) is 0. The van der Waals surface area contributed by atoms with Gasteiger partial charge in [-0.05, 0) is 69.8 Å². The van der Waals surface area contributed by atoms with Gasteiger partial charge in [0.15, 0.2) is 5.58 Å². The van der Waals surface area contributed by atoms with Gasteiger partial charge in [0, 0.05) is 44.6 Å². The number of nitrogens with zero attached hydrogens (tertiary/aromatic N) is 2. The van der Waals surface area contributed by atoms with Gasteiger partial charge >= 0.3 is 0 Å². The second-order valence-corrected chi connectivity index (χ2v) is 13.9. The third-order valence-corrected chi connectivity index (χ3v) is 10.7. The Morgan fingerprint density at radius 2 is 1.02 bits per heavy atom. The molecule has 0 amide bonds. The van der Waals surface area contributed by atoms with Crippen LogP contribution in [0.1, 0.15) is 0 Å². The molecule has 0 unspecified atom stereocenters. The van der Waals surface area contributed by atoms with Crippen molar-refractivity contribution in [3.8, 4) is 33.7 Å². The average Bonchev–Trinajstić information content (AvgIpc) is 3.85. The van der Waals surface area contributed by atoms with Gasteiger partial charge in [-0.25, -0.2) is 4.98 Å². The number of rotatable bonds is 6. The maximum absolute atomic E-state index is 6.63. The normalized spacial score (nSPS) is 11.6. The second kappa shape index (κ2) is 12.6. The molecule has 0 spiro atoms. The van der Waals surface area contributed by atoms with E-state index >= 15 is 0 Å². The Morgan fingerprint density at radius 3 is 1.84 bits per heavy atom. The highest BCUT2D eigenvalue weighted by atomic mass is 16.4. The summed E-state index contributed by atoms with van der Waals surface area (Å²) >= 11 is 0. The van der Waals surface area contributed by atoms with Crippen molar-refractivity contribution >= 4 is 71.6 Å². The fourth-order valence-corrected chi connectivity index (χ4v) is 8.10. The highest BCUT2D eigenvalue weighted by molar-refractivity contribution is 6.15. The minimum Gasteiger partial charge on any atom is -0.455 e. The average molecular weight is 705 g/mol. The number of hydrogen-bond acceptors (Lipinski definition) is 4. The van der Waals surface area contributed by atoms with E-state index in [1.165, 1.54) is 27.1 Å². The fourth-order valence-electron chi connectivity index (χ4n) is 8.10. The molecule has 0 bridgehead atoms. The Bertz CT molecular complexity index is 3200. The number of para-hydroxylation sites is 2. The molecule has 0 aliphatic carbocycles. The quantitative estimate of drug-likeness (QED) is 0.162. The van der Waals surface area contributed by atoms with E-state index < -0.39 is 0 Å². The monoisotopic (exact) mass is 704 g/mol. The van der Waals surface area contributed by atoms with Crippen LogP contribution in [-0.2, 0) is 0 Å². The summed E-state index contributed by atoms with van der Waals surface area (Å²) in [7, 11) is 0. The van der Waals surface area contributed by atoms with E-state index in [0.717, 1.165) is 66.8 Å². The summed E-state index contributed by atoms with van der Waals surface area (Å²) in [5.74, 6) is 0.602. The van der Waals surface area contributed by atoms with Crippen LogP contribution >= 0.6 is 0 Å². The number of aromatic nitrogens is 1. The Balaban J connectivity index is 1.06. The minimum absolute atomic E-state index is 0.602. The van der Waals surface area contributed by atoms with Crippen LogP contribution in [0.3, 0.4) is 0 Å². The van der Waals surface area contributed by atoms with Crippen LogP contribution in [0.5, 0.6) is 0 Å². The molecule has 11 rings (SSSR count). The Labute approximate surface area is 317 Å². The molecule has 0 N–H and O–H groups in total. The van der Waals surface area contributed by atoms with E-state index in [4.69, 9.17) is 13.8 Å². The van der Waals surface area contributed by atoms with Crippen LogP contribution < -0.4 is 4.90 Å². The highest BCUT2D eigenvalue weighted by Crippen LogP contribution is 2.46. The highest BCUT2D eigenvalue weighted by Gasteiger charge is 2.21. The number of oxazole rings is 1. The van der Waals surface area contributed by atoms with Gasteiger partial charge in [0.25, 0.3) is 0 Å². The molecule has 4 heteroatoms. The summed E-state index contributed by atoms with van der Waals surface area (Å²) in [6, 6.07) is 68.3. The minimum atomic E-state index is 0.602. The van der Waals surface area contributed by atoms with Gasteiger partial charge in [-0.2, -0.15) is 0 Å². The fraction of sp³-hybridized carbons (Fsp3) is 0. The van der Waals surface area contributed by atoms with Crippen molar-refractivity contribution in [3.63, 3.8) is 0 Å². The third kappa shape index (κ3) is 5.19. The summed E-state index contributed by atoms with van der Waals surface area (Å²) < 4.78 is 12.8. The lowest BCUT2D eigenvalue weighted by molar-refractivity contribution is 0.617. The van der Waals surface area contributed by atoms with E-state index in [-0.39, 0.29) is 0 Å². The molecule has 2 heterocycles. The number of anilines is 3. The van der Waals surface area contributed by atoms with Crippen molar-refractivity contribution in [2.75, 3.05) is 4.90 Å². The lowest BCUT2D eigenvalue weighted by atomic mass is 9.97. The SMILES string of the molecule is c1ccc(-c2nc3cc4c(cc3o2)oc2c(-c3ccc(N(c5ccccc5-c5ccccc5)c5cc6ccccc6c6ccccc56)cc3)cccc24)cc1. The number of benzene rings is 9. The first-order valence-corrected chi connectivity index (χ1v) is 18.5. The van der Waals surface area contributed by atoms with Crippen LogP contribution in [0.4, 0.5) is 17.1 Å². The van der Waals surface area contributed by atoms with Crippen LogP contribution in [0.2, 0.25) is 0 Å². The predicted octanol–water partition coefficient (Wildman–Crippen LogP) is 14.5. The lowest BCUT2D eigenvalue weighted by Crippen LogP contribution is -2.12. The molecule has 9 aromatic carbocycles. The zero-order valence-corrected chi connectivity index (χ0v) is 29.7. The summed E-state index contributed by atoms with van der Waals surface area (Å²) in [6.45, 7) is 0. The van der Waals surface area contributed by atoms with E-state index in [9.17, 15) is 0 Å².